The largest absolute Gasteiger partial charge is 0.360 e. The highest BCUT2D eigenvalue weighted by Gasteiger charge is 2.35. The van der Waals surface area contributed by atoms with Crippen molar-refractivity contribution in [2.24, 2.45) is 0 Å². The quantitative estimate of drug-likeness (QED) is 0.902. The van der Waals surface area contributed by atoms with E-state index in [1.54, 1.807) is 11.3 Å². The van der Waals surface area contributed by atoms with Gasteiger partial charge < -0.3 is 5.32 Å². The molecule has 4 heteroatoms. The molecule has 1 aliphatic rings. The predicted molar refractivity (Wildman–Crippen MR) is 82.9 cm³/mol. The standard InChI is InChI=1S/C14H18N2S2/c1-10-5-3-6-11-12(10)16-13(18-11)15-9-14(17-2)7-4-8-14/h3,5-6H,4,7-9H2,1-2H3,(H,15,16). The molecule has 2 aromatic rings. The molecule has 2 nitrogen and oxygen atoms in total. The molecule has 0 spiro atoms. The van der Waals surface area contributed by atoms with Gasteiger partial charge >= 0.3 is 0 Å². The molecule has 0 aliphatic heterocycles. The van der Waals surface area contributed by atoms with Crippen LogP contribution in [0.4, 0.5) is 5.13 Å². The van der Waals surface area contributed by atoms with Gasteiger partial charge in [-0.15, -0.1) is 0 Å². The number of aryl methyl sites for hydroxylation is 1. The van der Waals surface area contributed by atoms with Crippen molar-refractivity contribution in [1.29, 1.82) is 0 Å². The van der Waals surface area contributed by atoms with Gasteiger partial charge in [-0.1, -0.05) is 29.9 Å². The molecule has 0 amide bonds. The Morgan fingerprint density at radius 1 is 1.44 bits per heavy atom. The highest BCUT2D eigenvalue weighted by molar-refractivity contribution is 8.00. The second kappa shape index (κ2) is 4.74. The molecule has 1 aromatic heterocycles. The number of hydrogen-bond donors (Lipinski definition) is 1. The maximum Gasteiger partial charge on any atom is 0.183 e. The number of thiazole rings is 1. The Labute approximate surface area is 116 Å². The average molecular weight is 278 g/mol. The van der Waals surface area contributed by atoms with Gasteiger partial charge in [0.2, 0.25) is 0 Å². The van der Waals surface area contributed by atoms with Crippen molar-refractivity contribution in [3.8, 4) is 0 Å². The number of thioether (sulfide) groups is 1. The number of rotatable bonds is 4. The summed E-state index contributed by atoms with van der Waals surface area (Å²) in [5.41, 5.74) is 2.41. The fraction of sp³-hybridized carbons (Fsp3) is 0.500. The molecule has 0 saturated heterocycles. The van der Waals surface area contributed by atoms with Gasteiger partial charge in [0, 0.05) is 11.3 Å². The van der Waals surface area contributed by atoms with Crippen molar-refractivity contribution in [3.63, 3.8) is 0 Å². The van der Waals surface area contributed by atoms with Crippen LogP contribution < -0.4 is 5.32 Å². The monoisotopic (exact) mass is 278 g/mol. The van der Waals surface area contributed by atoms with Crippen LogP contribution >= 0.6 is 23.1 Å². The van der Waals surface area contributed by atoms with Crippen molar-refractivity contribution in [2.75, 3.05) is 18.1 Å². The third-order valence-corrected chi connectivity index (χ3v) is 6.28. The van der Waals surface area contributed by atoms with Gasteiger partial charge in [0.05, 0.1) is 10.2 Å². The third-order valence-electron chi connectivity index (χ3n) is 3.88. The first-order valence-corrected chi connectivity index (χ1v) is 8.42. The number of anilines is 1. The Morgan fingerprint density at radius 3 is 2.89 bits per heavy atom. The van der Waals surface area contributed by atoms with Gasteiger partial charge in [0.15, 0.2) is 5.13 Å². The van der Waals surface area contributed by atoms with E-state index in [0.29, 0.717) is 4.75 Å². The number of hydrogen-bond acceptors (Lipinski definition) is 4. The molecule has 3 rings (SSSR count). The zero-order chi connectivity index (χ0) is 12.6. The second-order valence-electron chi connectivity index (χ2n) is 5.03. The van der Waals surface area contributed by atoms with E-state index in [0.717, 1.165) is 17.2 Å². The number of para-hydroxylation sites is 1. The van der Waals surface area contributed by atoms with Gasteiger partial charge in [0.25, 0.3) is 0 Å². The lowest BCUT2D eigenvalue weighted by Crippen LogP contribution is -2.40. The van der Waals surface area contributed by atoms with Gasteiger partial charge in [-0.2, -0.15) is 11.8 Å². The van der Waals surface area contributed by atoms with E-state index >= 15 is 0 Å². The molecule has 1 heterocycles. The molecule has 0 bridgehead atoms. The van der Waals surface area contributed by atoms with Crippen LogP contribution in [0.5, 0.6) is 0 Å². The minimum absolute atomic E-state index is 0.465. The smallest absolute Gasteiger partial charge is 0.183 e. The van der Waals surface area contributed by atoms with E-state index < -0.39 is 0 Å². The number of aromatic nitrogens is 1. The number of fused-ring (bicyclic) bond motifs is 1. The molecular weight excluding hydrogens is 260 g/mol. The maximum absolute atomic E-state index is 4.71. The fourth-order valence-corrected chi connectivity index (χ4v) is 4.28. The Kier molecular flexibility index (Phi) is 3.24. The first-order valence-electron chi connectivity index (χ1n) is 6.38. The minimum Gasteiger partial charge on any atom is -0.360 e. The molecular formula is C14H18N2S2. The van der Waals surface area contributed by atoms with Gasteiger partial charge in [-0.25, -0.2) is 4.98 Å². The lowest BCUT2D eigenvalue weighted by Gasteiger charge is -2.40. The lowest BCUT2D eigenvalue weighted by atomic mass is 9.84. The summed E-state index contributed by atoms with van der Waals surface area (Å²) < 4.78 is 1.75. The van der Waals surface area contributed by atoms with E-state index in [9.17, 15) is 0 Å². The summed E-state index contributed by atoms with van der Waals surface area (Å²) in [6.45, 7) is 3.17. The lowest BCUT2D eigenvalue weighted by molar-refractivity contribution is 0.380. The molecule has 1 aliphatic carbocycles. The van der Waals surface area contributed by atoms with Crippen LogP contribution in [-0.4, -0.2) is 22.5 Å². The van der Waals surface area contributed by atoms with Crippen LogP contribution in [0, 0.1) is 6.92 Å². The minimum atomic E-state index is 0.465. The van der Waals surface area contributed by atoms with E-state index in [1.807, 2.05) is 11.8 Å². The zero-order valence-corrected chi connectivity index (χ0v) is 12.5. The summed E-state index contributed by atoms with van der Waals surface area (Å²) in [5, 5.41) is 4.61. The summed E-state index contributed by atoms with van der Waals surface area (Å²) in [5.74, 6) is 0. The molecule has 1 N–H and O–H groups in total. The molecule has 96 valence electrons. The second-order valence-corrected chi connectivity index (χ2v) is 7.34. The van der Waals surface area contributed by atoms with Crippen LogP contribution in [0.1, 0.15) is 24.8 Å². The normalized spacial score (nSPS) is 17.7. The highest BCUT2D eigenvalue weighted by Crippen LogP contribution is 2.43. The van der Waals surface area contributed by atoms with Crippen LogP contribution in [0.3, 0.4) is 0 Å². The van der Waals surface area contributed by atoms with Crippen molar-refractivity contribution in [1.82, 2.24) is 4.98 Å². The van der Waals surface area contributed by atoms with Crippen molar-refractivity contribution in [3.05, 3.63) is 23.8 Å². The molecule has 0 radical (unpaired) electrons. The van der Waals surface area contributed by atoms with Crippen LogP contribution in [0.2, 0.25) is 0 Å². The summed E-state index contributed by atoms with van der Waals surface area (Å²) >= 11 is 3.77. The summed E-state index contributed by atoms with van der Waals surface area (Å²) in [6, 6.07) is 6.38. The molecule has 0 unspecified atom stereocenters. The van der Waals surface area contributed by atoms with E-state index in [-0.39, 0.29) is 0 Å². The van der Waals surface area contributed by atoms with Gasteiger partial charge in [0.1, 0.15) is 0 Å². The summed E-state index contributed by atoms with van der Waals surface area (Å²) in [7, 11) is 0. The van der Waals surface area contributed by atoms with Crippen LogP contribution in [0.15, 0.2) is 18.2 Å². The van der Waals surface area contributed by atoms with Crippen molar-refractivity contribution < 1.29 is 0 Å². The number of benzene rings is 1. The summed E-state index contributed by atoms with van der Waals surface area (Å²) in [4.78, 5) is 4.71. The topological polar surface area (TPSA) is 24.9 Å². The molecule has 1 fully saturated rings. The third kappa shape index (κ3) is 2.12. The van der Waals surface area contributed by atoms with Crippen molar-refractivity contribution >= 4 is 38.4 Å². The maximum atomic E-state index is 4.71. The first-order chi connectivity index (χ1) is 8.72. The van der Waals surface area contributed by atoms with Crippen LogP contribution in [0.25, 0.3) is 10.2 Å². The predicted octanol–water partition coefficient (Wildman–Crippen LogP) is 4.30. The Bertz CT molecular complexity index is 552. The van der Waals surface area contributed by atoms with E-state index in [1.165, 1.54) is 29.5 Å². The number of nitrogens with one attached hydrogen (secondary N) is 1. The molecule has 18 heavy (non-hydrogen) atoms. The van der Waals surface area contributed by atoms with E-state index in [4.69, 9.17) is 4.98 Å². The fourth-order valence-electron chi connectivity index (χ4n) is 2.42. The zero-order valence-electron chi connectivity index (χ0n) is 10.8. The molecule has 1 saturated carbocycles. The summed E-state index contributed by atoms with van der Waals surface area (Å²) in [6.07, 6.45) is 6.28. The van der Waals surface area contributed by atoms with E-state index in [2.05, 4.69) is 36.7 Å². The van der Waals surface area contributed by atoms with Gasteiger partial charge in [-0.3, -0.25) is 0 Å². The Morgan fingerprint density at radius 2 is 2.28 bits per heavy atom. The van der Waals surface area contributed by atoms with Crippen LogP contribution in [-0.2, 0) is 0 Å². The highest BCUT2D eigenvalue weighted by atomic mass is 32.2. The molecule has 1 aromatic carbocycles. The first kappa shape index (κ1) is 12.3. The Balaban J connectivity index is 1.77. The Hall–Kier alpha value is -0.740. The average Bonchev–Trinajstić information content (AvgIpc) is 2.73. The van der Waals surface area contributed by atoms with Gasteiger partial charge in [-0.05, 0) is 37.7 Å². The van der Waals surface area contributed by atoms with Crippen molar-refractivity contribution in [2.45, 2.75) is 30.9 Å². The molecule has 0 atom stereocenters. The number of nitrogens with zero attached hydrogens (tertiary/aromatic N) is 1. The SMILES string of the molecule is CSC1(CNc2nc3c(C)cccc3s2)CCC1.